The van der Waals surface area contributed by atoms with Crippen molar-refractivity contribution in [1.29, 1.82) is 0 Å². The number of hydrogen-bond donors (Lipinski definition) is 3. The molecule has 4 N–H and O–H groups in total. The molecule has 37 heavy (non-hydrogen) atoms. The molecule has 3 atom stereocenters. The third kappa shape index (κ3) is 3.06. The minimum atomic E-state index is -2.16. The molecular formula is C29H27N3O5. The first-order valence-electron chi connectivity index (χ1n) is 12.2. The van der Waals surface area contributed by atoms with Gasteiger partial charge in [-0.1, -0.05) is 50.3 Å². The van der Waals surface area contributed by atoms with Crippen LogP contribution in [0.4, 0.5) is 0 Å². The third-order valence-corrected chi connectivity index (χ3v) is 7.56. The molecule has 0 spiro atoms. The highest BCUT2D eigenvalue weighted by Gasteiger charge is 2.72. The lowest BCUT2D eigenvalue weighted by Gasteiger charge is -2.35. The molecule has 1 amide bonds. The maximum Gasteiger partial charge on any atom is 0.271 e. The van der Waals surface area contributed by atoms with Gasteiger partial charge in [0, 0.05) is 34.2 Å². The Morgan fingerprint density at radius 3 is 2.78 bits per heavy atom. The van der Waals surface area contributed by atoms with Gasteiger partial charge in [0.2, 0.25) is 5.54 Å². The number of carbonyl (C=O) groups excluding carboxylic acids is 2. The molecule has 0 saturated carbocycles. The molecule has 2 aromatic carbocycles. The second kappa shape index (κ2) is 7.99. The first-order valence-corrected chi connectivity index (χ1v) is 12.2. The number of fused-ring (bicyclic) bond motifs is 5. The van der Waals surface area contributed by atoms with E-state index in [0.717, 1.165) is 10.9 Å². The van der Waals surface area contributed by atoms with E-state index in [4.69, 9.17) is 15.2 Å². The van der Waals surface area contributed by atoms with Crippen LogP contribution in [0.3, 0.4) is 0 Å². The lowest BCUT2D eigenvalue weighted by atomic mass is 9.81. The number of nitrogens with one attached hydrogen (secondary N) is 1. The van der Waals surface area contributed by atoms with Crippen molar-refractivity contribution >= 4 is 22.6 Å². The van der Waals surface area contributed by atoms with Gasteiger partial charge in [-0.05, 0) is 36.1 Å². The average Bonchev–Trinajstić information content (AvgIpc) is 3.25. The smallest absolute Gasteiger partial charge is 0.271 e. The molecule has 6 rings (SSSR count). The molecule has 3 unspecified atom stereocenters. The minimum Gasteiger partial charge on any atom is -0.496 e. The van der Waals surface area contributed by atoms with E-state index in [-0.39, 0.29) is 22.8 Å². The van der Waals surface area contributed by atoms with E-state index in [1.54, 1.807) is 24.3 Å². The first kappa shape index (κ1) is 23.4. The number of amides is 1. The Kier molecular flexibility index (Phi) is 5.05. The summed E-state index contributed by atoms with van der Waals surface area (Å²) in [6.45, 7) is 4.08. The second-order valence-electron chi connectivity index (χ2n) is 9.99. The molecule has 188 valence electrons. The van der Waals surface area contributed by atoms with Gasteiger partial charge in [0.15, 0.2) is 5.78 Å². The highest BCUT2D eigenvalue weighted by Crippen LogP contribution is 2.58. The molecule has 0 bridgehead atoms. The fourth-order valence-corrected chi connectivity index (χ4v) is 5.64. The van der Waals surface area contributed by atoms with Gasteiger partial charge in [0.05, 0.1) is 12.6 Å². The number of carbonyl (C=O) groups is 2. The Labute approximate surface area is 213 Å². The van der Waals surface area contributed by atoms with Crippen molar-refractivity contribution in [2.45, 2.75) is 43.6 Å². The number of aliphatic hydroxyl groups is 1. The van der Waals surface area contributed by atoms with Gasteiger partial charge in [-0.2, -0.15) is 0 Å². The maximum absolute atomic E-state index is 14.2. The van der Waals surface area contributed by atoms with Crippen LogP contribution in [0, 0.1) is 0 Å². The summed E-state index contributed by atoms with van der Waals surface area (Å²) in [6.07, 6.45) is 3.90. The zero-order valence-electron chi connectivity index (χ0n) is 20.7. The monoisotopic (exact) mass is 497 g/mol. The number of ether oxygens (including phenoxy) is 2. The molecular weight excluding hydrogens is 470 g/mol. The van der Waals surface area contributed by atoms with E-state index in [9.17, 15) is 14.7 Å². The Balaban J connectivity index is 1.52. The fraction of sp³-hybridized carbons (Fsp3) is 0.276. The normalized spacial score (nSPS) is 25.7. The van der Waals surface area contributed by atoms with Crippen molar-refractivity contribution < 1.29 is 24.2 Å². The summed E-state index contributed by atoms with van der Waals surface area (Å²) in [7, 11) is 1.51. The molecule has 2 heterocycles. The molecule has 3 aromatic rings. The van der Waals surface area contributed by atoms with Crippen LogP contribution in [-0.2, 0) is 10.3 Å². The van der Waals surface area contributed by atoms with Crippen molar-refractivity contribution in [2.24, 2.45) is 5.73 Å². The Bertz CT molecular complexity index is 1560. The summed E-state index contributed by atoms with van der Waals surface area (Å²) in [5.41, 5.74) is 6.87. The van der Waals surface area contributed by atoms with Gasteiger partial charge in [-0.3, -0.25) is 9.59 Å². The lowest BCUT2D eigenvalue weighted by Crippen LogP contribution is -2.63. The van der Waals surface area contributed by atoms with Gasteiger partial charge in [0.1, 0.15) is 17.2 Å². The quantitative estimate of drug-likeness (QED) is 0.506. The van der Waals surface area contributed by atoms with Gasteiger partial charge in [-0.15, -0.1) is 0 Å². The van der Waals surface area contributed by atoms with Crippen molar-refractivity contribution in [3.05, 3.63) is 88.7 Å². The molecule has 1 aromatic heterocycles. The van der Waals surface area contributed by atoms with Crippen LogP contribution >= 0.6 is 0 Å². The summed E-state index contributed by atoms with van der Waals surface area (Å²) in [5, 5.41) is 15.7. The highest BCUT2D eigenvalue weighted by atomic mass is 16.6. The number of hydrogen-bond acceptors (Lipinski definition) is 7. The summed E-state index contributed by atoms with van der Waals surface area (Å²) in [6, 6.07) is 13.6. The minimum absolute atomic E-state index is 0.0389. The fourth-order valence-electron chi connectivity index (χ4n) is 5.64. The zero-order valence-corrected chi connectivity index (χ0v) is 20.7. The van der Waals surface area contributed by atoms with Crippen LogP contribution in [0.1, 0.15) is 47.8 Å². The van der Waals surface area contributed by atoms with Gasteiger partial charge in [0.25, 0.3) is 11.7 Å². The van der Waals surface area contributed by atoms with Crippen LogP contribution < -0.4 is 20.5 Å². The molecule has 1 aliphatic heterocycles. The van der Waals surface area contributed by atoms with Crippen LogP contribution in [0.15, 0.2) is 71.8 Å². The van der Waals surface area contributed by atoms with Gasteiger partial charge < -0.3 is 25.6 Å². The highest BCUT2D eigenvalue weighted by molar-refractivity contribution is 6.14. The number of para-hydroxylation sites is 1. The molecule has 0 fully saturated rings. The molecule has 8 heteroatoms. The topological polar surface area (TPSA) is 124 Å². The van der Waals surface area contributed by atoms with E-state index < -0.39 is 29.1 Å². The number of Topliss-reactive ketones (excluding diaryl/α,β-unsaturated/α-hetero) is 1. The maximum atomic E-state index is 14.2. The largest absolute Gasteiger partial charge is 0.496 e. The predicted molar refractivity (Wildman–Crippen MR) is 137 cm³/mol. The molecule has 8 nitrogen and oxygen atoms in total. The SMILES string of the molecule is COc1cc(C(=O)NC23C(=O)C4=C(C=CCC4N)C2(O)Oc2cc(C(C)C)ccc23)nc2ccccc12. The standard InChI is InChI=1S/C29H27N3O5/c1-15(2)16-11-12-18-24(13-16)37-29(35)19-8-6-9-20(30)25(19)26(33)28(18,29)32-27(34)22-14-23(36-3)17-7-4-5-10-21(17)31-22/h4-8,10-15,20,35H,9,30H2,1-3H3,(H,32,34). The Hall–Kier alpha value is -4.01. The van der Waals surface area contributed by atoms with E-state index >= 15 is 0 Å². The molecule has 0 radical (unpaired) electrons. The van der Waals surface area contributed by atoms with Crippen LogP contribution in [0.25, 0.3) is 10.9 Å². The third-order valence-electron chi connectivity index (χ3n) is 7.56. The van der Waals surface area contributed by atoms with Crippen LogP contribution in [0.2, 0.25) is 0 Å². The predicted octanol–water partition coefficient (Wildman–Crippen LogP) is 3.24. The number of ketones is 1. The first-order chi connectivity index (χ1) is 17.7. The van der Waals surface area contributed by atoms with E-state index in [0.29, 0.717) is 29.0 Å². The molecule has 3 aliphatic rings. The summed E-state index contributed by atoms with van der Waals surface area (Å²) in [4.78, 5) is 32.5. The average molecular weight is 498 g/mol. The Morgan fingerprint density at radius 1 is 1.24 bits per heavy atom. The number of methoxy groups -OCH3 is 1. The number of nitrogens with two attached hydrogens (primary N) is 1. The van der Waals surface area contributed by atoms with Crippen molar-refractivity contribution in [3.63, 3.8) is 0 Å². The number of nitrogens with zero attached hydrogens (tertiary/aromatic N) is 1. The molecule has 0 saturated heterocycles. The van der Waals surface area contributed by atoms with E-state index in [1.807, 2.05) is 44.2 Å². The lowest BCUT2D eigenvalue weighted by molar-refractivity contribution is -0.154. The summed E-state index contributed by atoms with van der Waals surface area (Å²) >= 11 is 0. The van der Waals surface area contributed by atoms with Gasteiger partial charge >= 0.3 is 0 Å². The van der Waals surface area contributed by atoms with Crippen molar-refractivity contribution in [3.8, 4) is 11.5 Å². The van der Waals surface area contributed by atoms with Crippen LogP contribution in [0.5, 0.6) is 11.5 Å². The summed E-state index contributed by atoms with van der Waals surface area (Å²) in [5.74, 6) is -2.31. The van der Waals surface area contributed by atoms with Gasteiger partial charge in [-0.25, -0.2) is 4.98 Å². The van der Waals surface area contributed by atoms with Crippen LogP contribution in [-0.4, -0.2) is 40.7 Å². The number of pyridine rings is 1. The second-order valence-corrected chi connectivity index (χ2v) is 9.99. The van der Waals surface area contributed by atoms with E-state index in [1.165, 1.54) is 13.2 Å². The number of rotatable bonds is 4. The van der Waals surface area contributed by atoms with E-state index in [2.05, 4.69) is 10.3 Å². The molecule has 2 aliphatic carbocycles. The van der Waals surface area contributed by atoms with Crippen molar-refractivity contribution in [1.82, 2.24) is 10.3 Å². The summed E-state index contributed by atoms with van der Waals surface area (Å²) < 4.78 is 11.7. The number of benzene rings is 2. The zero-order chi connectivity index (χ0) is 26.1. The number of aromatic nitrogens is 1. The van der Waals surface area contributed by atoms with Crippen molar-refractivity contribution in [2.75, 3.05) is 7.11 Å². The Morgan fingerprint density at radius 2 is 2.03 bits per heavy atom.